The Hall–Kier alpha value is -1.66. The lowest BCUT2D eigenvalue weighted by Gasteiger charge is -2.31. The molecule has 0 spiro atoms. The molecule has 0 bridgehead atoms. The van der Waals surface area contributed by atoms with Crippen LogP contribution in [0, 0.1) is 5.92 Å². The molecule has 1 aliphatic heterocycles. The lowest BCUT2D eigenvalue weighted by Crippen LogP contribution is -2.40. The van der Waals surface area contributed by atoms with Gasteiger partial charge in [0, 0.05) is 30.4 Å². The van der Waals surface area contributed by atoms with Crippen molar-refractivity contribution >= 4 is 23.3 Å². The van der Waals surface area contributed by atoms with E-state index >= 15 is 0 Å². The number of carbonyl (C=O) groups excluding carboxylic acids is 1. The summed E-state index contributed by atoms with van der Waals surface area (Å²) in [6, 6.07) is 3.07. The lowest BCUT2D eigenvalue weighted by molar-refractivity contribution is 0.168. The Bertz CT molecular complexity index is 616. The van der Waals surface area contributed by atoms with Gasteiger partial charge in [-0.2, -0.15) is 0 Å². The Labute approximate surface area is 154 Å². The summed E-state index contributed by atoms with van der Waals surface area (Å²) in [6.07, 6.45) is 1.10. The smallest absolute Gasteiger partial charge is 0.319 e. The van der Waals surface area contributed by atoms with E-state index in [0.29, 0.717) is 34.7 Å². The number of methoxy groups -OCH3 is 2. The zero-order chi connectivity index (χ0) is 18.6. The molecule has 0 aliphatic carbocycles. The predicted molar refractivity (Wildman–Crippen MR) is 101 cm³/mol. The molecule has 1 unspecified atom stereocenters. The van der Waals surface area contributed by atoms with E-state index in [4.69, 9.17) is 21.1 Å². The SMILES string of the molecule is COc1cc(NC(=O)NCC2CCN(C(C)(C)C)C2)cc(Cl)c1OC. The fourth-order valence-corrected chi connectivity index (χ4v) is 3.30. The summed E-state index contributed by atoms with van der Waals surface area (Å²) in [5, 5.41) is 6.11. The number of hydrogen-bond acceptors (Lipinski definition) is 4. The van der Waals surface area contributed by atoms with Gasteiger partial charge in [0.15, 0.2) is 11.5 Å². The standard InChI is InChI=1S/C18H28ClN3O3/c1-18(2,3)22-7-6-12(11-22)10-20-17(23)21-13-8-14(19)16(25-5)15(9-13)24-4/h8-9,12H,6-7,10-11H2,1-5H3,(H2,20,21,23). The van der Waals surface area contributed by atoms with Crippen molar-refractivity contribution in [3.05, 3.63) is 17.2 Å². The van der Waals surface area contributed by atoms with Crippen LogP contribution < -0.4 is 20.1 Å². The normalized spacial score (nSPS) is 18.1. The zero-order valence-electron chi connectivity index (χ0n) is 15.6. The first kappa shape index (κ1) is 19.7. The van der Waals surface area contributed by atoms with Gasteiger partial charge in [-0.05, 0) is 45.7 Å². The molecule has 1 heterocycles. The first-order valence-corrected chi connectivity index (χ1v) is 8.83. The van der Waals surface area contributed by atoms with Crippen LogP contribution in [0.1, 0.15) is 27.2 Å². The van der Waals surface area contributed by atoms with Crippen LogP contribution in [-0.4, -0.2) is 50.3 Å². The first-order valence-electron chi connectivity index (χ1n) is 8.46. The van der Waals surface area contributed by atoms with E-state index in [1.165, 1.54) is 14.2 Å². The number of halogens is 1. The van der Waals surface area contributed by atoms with Crippen LogP contribution in [0.5, 0.6) is 11.5 Å². The fraction of sp³-hybridized carbons (Fsp3) is 0.611. The molecule has 2 rings (SSSR count). The van der Waals surface area contributed by atoms with Gasteiger partial charge in [-0.25, -0.2) is 4.79 Å². The van der Waals surface area contributed by atoms with Crippen molar-refractivity contribution in [2.24, 2.45) is 5.92 Å². The van der Waals surface area contributed by atoms with Crippen LogP contribution >= 0.6 is 11.6 Å². The molecule has 1 aromatic carbocycles. The molecular weight excluding hydrogens is 342 g/mol. The second-order valence-electron chi connectivity index (χ2n) is 7.30. The number of benzene rings is 1. The summed E-state index contributed by atoms with van der Waals surface area (Å²) in [7, 11) is 3.05. The van der Waals surface area contributed by atoms with Crippen molar-refractivity contribution in [1.29, 1.82) is 0 Å². The van der Waals surface area contributed by atoms with Gasteiger partial charge >= 0.3 is 6.03 Å². The third-order valence-corrected chi connectivity index (χ3v) is 4.76. The molecule has 1 fully saturated rings. The number of rotatable bonds is 5. The molecule has 0 saturated carbocycles. The van der Waals surface area contributed by atoms with Crippen molar-refractivity contribution in [3.63, 3.8) is 0 Å². The number of ether oxygens (including phenoxy) is 2. The highest BCUT2D eigenvalue weighted by Gasteiger charge is 2.30. The van der Waals surface area contributed by atoms with Crippen LogP contribution in [0.2, 0.25) is 5.02 Å². The average molecular weight is 370 g/mol. The molecule has 0 radical (unpaired) electrons. The number of amides is 2. The van der Waals surface area contributed by atoms with Gasteiger partial charge in [0.2, 0.25) is 0 Å². The summed E-state index contributed by atoms with van der Waals surface area (Å²) in [5.74, 6) is 1.39. The Morgan fingerprint density at radius 1 is 1.32 bits per heavy atom. The minimum Gasteiger partial charge on any atom is -0.493 e. The van der Waals surface area contributed by atoms with Gasteiger partial charge in [0.05, 0.1) is 19.2 Å². The monoisotopic (exact) mass is 369 g/mol. The molecule has 1 aliphatic rings. The Balaban J connectivity index is 1.88. The zero-order valence-corrected chi connectivity index (χ0v) is 16.4. The van der Waals surface area contributed by atoms with E-state index in [1.807, 2.05) is 0 Å². The quantitative estimate of drug-likeness (QED) is 0.832. The van der Waals surface area contributed by atoms with E-state index < -0.39 is 0 Å². The summed E-state index contributed by atoms with van der Waals surface area (Å²) in [4.78, 5) is 14.6. The van der Waals surface area contributed by atoms with Crippen molar-refractivity contribution < 1.29 is 14.3 Å². The molecule has 25 heavy (non-hydrogen) atoms. The van der Waals surface area contributed by atoms with E-state index in [1.54, 1.807) is 12.1 Å². The molecule has 2 N–H and O–H groups in total. The lowest BCUT2D eigenvalue weighted by atomic mass is 10.1. The third kappa shape index (κ3) is 5.16. The number of nitrogens with one attached hydrogen (secondary N) is 2. The van der Waals surface area contributed by atoms with Crippen molar-refractivity contribution in [3.8, 4) is 11.5 Å². The Morgan fingerprint density at radius 2 is 2.04 bits per heavy atom. The second-order valence-corrected chi connectivity index (χ2v) is 7.71. The number of anilines is 1. The molecule has 7 heteroatoms. The Morgan fingerprint density at radius 3 is 2.60 bits per heavy atom. The topological polar surface area (TPSA) is 62.8 Å². The second kappa shape index (κ2) is 8.15. The molecule has 140 valence electrons. The minimum atomic E-state index is -0.252. The van der Waals surface area contributed by atoms with E-state index in [9.17, 15) is 4.79 Å². The van der Waals surface area contributed by atoms with Gasteiger partial charge < -0.3 is 20.1 Å². The predicted octanol–water partition coefficient (Wildman–Crippen LogP) is 3.60. The van der Waals surface area contributed by atoms with Gasteiger partial charge in [-0.15, -0.1) is 0 Å². The minimum absolute atomic E-state index is 0.174. The van der Waals surface area contributed by atoms with Gasteiger partial charge in [0.1, 0.15) is 0 Å². The fourth-order valence-electron chi connectivity index (χ4n) is 3.01. The van der Waals surface area contributed by atoms with Gasteiger partial charge in [0.25, 0.3) is 0 Å². The number of urea groups is 1. The third-order valence-electron chi connectivity index (χ3n) is 4.48. The molecule has 2 amide bonds. The molecule has 0 aromatic heterocycles. The summed E-state index contributed by atoms with van der Waals surface area (Å²) in [6.45, 7) is 9.39. The molecule has 1 saturated heterocycles. The first-order chi connectivity index (χ1) is 11.7. The highest BCUT2D eigenvalue weighted by Crippen LogP contribution is 2.37. The Kier molecular flexibility index (Phi) is 6.41. The van der Waals surface area contributed by atoms with Crippen molar-refractivity contribution in [2.75, 3.05) is 39.2 Å². The van der Waals surface area contributed by atoms with Crippen LogP contribution in [0.4, 0.5) is 10.5 Å². The van der Waals surface area contributed by atoms with E-state index in [2.05, 4.69) is 36.3 Å². The number of likely N-dealkylation sites (tertiary alicyclic amines) is 1. The summed E-state index contributed by atoms with van der Waals surface area (Å²) < 4.78 is 10.4. The summed E-state index contributed by atoms with van der Waals surface area (Å²) >= 11 is 6.15. The van der Waals surface area contributed by atoms with Crippen molar-refractivity contribution in [1.82, 2.24) is 10.2 Å². The van der Waals surface area contributed by atoms with E-state index in [0.717, 1.165) is 19.5 Å². The number of hydrogen-bond donors (Lipinski definition) is 2. The molecule has 1 atom stereocenters. The van der Waals surface area contributed by atoms with Crippen molar-refractivity contribution in [2.45, 2.75) is 32.7 Å². The maximum Gasteiger partial charge on any atom is 0.319 e. The van der Waals surface area contributed by atoms with Crippen LogP contribution in [0.15, 0.2) is 12.1 Å². The van der Waals surface area contributed by atoms with E-state index in [-0.39, 0.29) is 11.6 Å². The maximum atomic E-state index is 12.2. The average Bonchev–Trinajstić information content (AvgIpc) is 3.01. The van der Waals surface area contributed by atoms with Gasteiger partial charge in [-0.3, -0.25) is 4.90 Å². The summed E-state index contributed by atoms with van der Waals surface area (Å²) in [5.41, 5.74) is 0.732. The molecule has 1 aromatic rings. The maximum absolute atomic E-state index is 12.2. The number of carbonyl (C=O) groups is 1. The molecule has 6 nitrogen and oxygen atoms in total. The molecular formula is C18H28ClN3O3. The highest BCUT2D eigenvalue weighted by molar-refractivity contribution is 6.32. The van der Waals surface area contributed by atoms with Crippen LogP contribution in [0.3, 0.4) is 0 Å². The van der Waals surface area contributed by atoms with Crippen LogP contribution in [-0.2, 0) is 0 Å². The van der Waals surface area contributed by atoms with Gasteiger partial charge in [-0.1, -0.05) is 11.6 Å². The van der Waals surface area contributed by atoms with Crippen LogP contribution in [0.25, 0.3) is 0 Å². The highest BCUT2D eigenvalue weighted by atomic mass is 35.5. The largest absolute Gasteiger partial charge is 0.493 e. The number of nitrogens with zero attached hydrogens (tertiary/aromatic N) is 1.